The quantitative estimate of drug-likeness (QED) is 0.869. The Bertz CT molecular complexity index is 459. The number of amides is 2. The van der Waals surface area contributed by atoms with Gasteiger partial charge in [0.05, 0.1) is 12.1 Å². The molecule has 0 spiro atoms. The minimum Gasteiger partial charge on any atom is -0.391 e. The summed E-state index contributed by atoms with van der Waals surface area (Å²) in [6.07, 6.45) is 2.54. The zero-order chi connectivity index (χ0) is 16.1. The van der Waals surface area contributed by atoms with E-state index >= 15 is 0 Å². The van der Waals surface area contributed by atoms with Crippen molar-refractivity contribution in [3.05, 3.63) is 22.4 Å². The number of piperidine rings is 1. The van der Waals surface area contributed by atoms with Gasteiger partial charge in [-0.25, -0.2) is 4.79 Å². The van der Waals surface area contributed by atoms with Crippen molar-refractivity contribution in [3.8, 4) is 0 Å². The Labute approximate surface area is 137 Å². The number of β-amino-alcohol motifs (C(OH)–C–C–N with tert-alkyl or cyclic N) is 1. The molecule has 3 unspecified atom stereocenters. The van der Waals surface area contributed by atoms with Crippen LogP contribution in [-0.4, -0.2) is 35.2 Å². The van der Waals surface area contributed by atoms with Gasteiger partial charge < -0.3 is 15.3 Å². The molecule has 1 aromatic rings. The first-order chi connectivity index (χ1) is 10.6. The topological polar surface area (TPSA) is 52.6 Å². The number of aliphatic hydroxyl groups excluding tert-OH is 1. The highest BCUT2D eigenvalue weighted by Gasteiger charge is 2.30. The van der Waals surface area contributed by atoms with Crippen LogP contribution in [-0.2, 0) is 0 Å². The van der Waals surface area contributed by atoms with Crippen molar-refractivity contribution in [2.24, 2.45) is 11.8 Å². The Balaban J connectivity index is 2.05. The fraction of sp³-hybridized carbons (Fsp3) is 0.706. The third-order valence-electron chi connectivity index (χ3n) is 4.85. The van der Waals surface area contributed by atoms with Gasteiger partial charge >= 0.3 is 6.03 Å². The molecule has 0 radical (unpaired) electrons. The smallest absolute Gasteiger partial charge is 0.318 e. The number of hydrogen-bond donors (Lipinski definition) is 2. The summed E-state index contributed by atoms with van der Waals surface area (Å²) >= 11 is 1.70. The molecule has 2 N–H and O–H groups in total. The molecule has 1 aromatic heterocycles. The maximum Gasteiger partial charge on any atom is 0.318 e. The number of carbonyl (C=O) groups is 1. The average Bonchev–Trinajstić information content (AvgIpc) is 3.04. The molecule has 1 saturated heterocycles. The molecule has 124 valence electrons. The SMILES string of the molecule is CCC(CC)C(NC(=O)N1CCC(C)C(O)C1)c1cccs1. The molecule has 22 heavy (non-hydrogen) atoms. The van der Waals surface area contributed by atoms with Gasteiger partial charge in [0, 0.05) is 18.0 Å². The van der Waals surface area contributed by atoms with Crippen molar-refractivity contribution in [1.29, 1.82) is 0 Å². The van der Waals surface area contributed by atoms with Crippen molar-refractivity contribution in [2.75, 3.05) is 13.1 Å². The van der Waals surface area contributed by atoms with Crippen molar-refractivity contribution in [1.82, 2.24) is 10.2 Å². The van der Waals surface area contributed by atoms with E-state index in [1.165, 1.54) is 4.88 Å². The first kappa shape index (κ1) is 17.3. The third-order valence-corrected chi connectivity index (χ3v) is 5.81. The Morgan fingerprint density at radius 3 is 2.77 bits per heavy atom. The summed E-state index contributed by atoms with van der Waals surface area (Å²) in [5, 5.41) is 15.3. The normalized spacial score (nSPS) is 23.6. The molecule has 0 aromatic carbocycles. The molecule has 0 aliphatic carbocycles. The molecule has 0 bridgehead atoms. The third kappa shape index (κ3) is 4.02. The van der Waals surface area contributed by atoms with Gasteiger partial charge in [-0.1, -0.05) is 39.7 Å². The van der Waals surface area contributed by atoms with Crippen LogP contribution in [0.15, 0.2) is 17.5 Å². The van der Waals surface area contributed by atoms with Gasteiger partial charge in [0.25, 0.3) is 0 Å². The lowest BCUT2D eigenvalue weighted by atomic mass is 9.93. The lowest BCUT2D eigenvalue weighted by Gasteiger charge is -2.36. The van der Waals surface area contributed by atoms with Crippen LogP contribution in [0, 0.1) is 11.8 Å². The fourth-order valence-corrected chi connectivity index (χ4v) is 3.98. The van der Waals surface area contributed by atoms with E-state index in [-0.39, 0.29) is 18.0 Å². The minimum atomic E-state index is -0.409. The number of urea groups is 1. The van der Waals surface area contributed by atoms with E-state index in [0.29, 0.717) is 12.5 Å². The second-order valence-corrected chi connectivity index (χ2v) is 7.28. The Morgan fingerprint density at radius 2 is 2.23 bits per heavy atom. The summed E-state index contributed by atoms with van der Waals surface area (Å²) in [5.74, 6) is 0.715. The first-order valence-corrected chi connectivity index (χ1v) is 9.21. The lowest BCUT2D eigenvalue weighted by Crippen LogP contribution is -2.50. The van der Waals surface area contributed by atoms with Gasteiger partial charge in [0.15, 0.2) is 0 Å². The second-order valence-electron chi connectivity index (χ2n) is 6.30. The molecule has 2 heterocycles. The van der Waals surface area contributed by atoms with E-state index in [1.54, 1.807) is 16.2 Å². The van der Waals surface area contributed by atoms with Gasteiger partial charge in [-0.15, -0.1) is 11.3 Å². The van der Waals surface area contributed by atoms with Crippen molar-refractivity contribution in [2.45, 2.75) is 52.2 Å². The van der Waals surface area contributed by atoms with Crippen LogP contribution < -0.4 is 5.32 Å². The molecule has 1 aliphatic rings. The second kappa shape index (κ2) is 7.97. The molecule has 3 atom stereocenters. The van der Waals surface area contributed by atoms with Crippen molar-refractivity contribution < 1.29 is 9.90 Å². The van der Waals surface area contributed by atoms with E-state index in [1.807, 2.05) is 13.0 Å². The predicted octanol–water partition coefficient (Wildman–Crippen LogP) is 3.64. The molecule has 1 fully saturated rings. The van der Waals surface area contributed by atoms with E-state index in [0.717, 1.165) is 25.8 Å². The number of nitrogens with one attached hydrogen (secondary N) is 1. The standard InChI is InChI=1S/C17H28N2O2S/c1-4-13(5-2)16(15-7-6-10-22-15)18-17(21)19-9-8-12(3)14(20)11-19/h6-7,10,12-14,16,20H,4-5,8-9,11H2,1-3H3,(H,18,21). The largest absolute Gasteiger partial charge is 0.391 e. The Morgan fingerprint density at radius 1 is 1.50 bits per heavy atom. The molecule has 2 rings (SSSR count). The van der Waals surface area contributed by atoms with Crippen LogP contribution >= 0.6 is 11.3 Å². The van der Waals surface area contributed by atoms with Gasteiger partial charge in [-0.3, -0.25) is 0 Å². The zero-order valence-corrected chi connectivity index (χ0v) is 14.6. The van der Waals surface area contributed by atoms with Gasteiger partial charge in [0.1, 0.15) is 0 Å². The van der Waals surface area contributed by atoms with Crippen LogP contribution in [0.4, 0.5) is 4.79 Å². The maximum atomic E-state index is 12.6. The number of nitrogens with zero attached hydrogens (tertiary/aromatic N) is 1. The average molecular weight is 324 g/mol. The summed E-state index contributed by atoms with van der Waals surface area (Å²) in [6, 6.07) is 4.16. The van der Waals surface area contributed by atoms with Crippen LogP contribution in [0.1, 0.15) is 51.0 Å². The molecular weight excluding hydrogens is 296 g/mol. The molecule has 0 saturated carbocycles. The van der Waals surface area contributed by atoms with Crippen molar-refractivity contribution >= 4 is 17.4 Å². The van der Waals surface area contributed by atoms with E-state index in [2.05, 4.69) is 30.6 Å². The fourth-order valence-electron chi connectivity index (χ4n) is 3.11. The summed E-state index contributed by atoms with van der Waals surface area (Å²) in [7, 11) is 0. The minimum absolute atomic E-state index is 0.0451. The number of hydrogen-bond acceptors (Lipinski definition) is 3. The summed E-state index contributed by atoms with van der Waals surface area (Å²) in [6.45, 7) is 7.55. The Hall–Kier alpha value is -1.07. The van der Waals surface area contributed by atoms with E-state index in [4.69, 9.17) is 0 Å². The zero-order valence-electron chi connectivity index (χ0n) is 13.8. The number of thiophene rings is 1. The molecule has 4 nitrogen and oxygen atoms in total. The highest BCUT2D eigenvalue weighted by molar-refractivity contribution is 7.10. The first-order valence-electron chi connectivity index (χ1n) is 8.33. The number of aliphatic hydroxyl groups is 1. The molecule has 5 heteroatoms. The number of likely N-dealkylation sites (tertiary alicyclic amines) is 1. The number of carbonyl (C=O) groups excluding carboxylic acids is 1. The molecule has 2 amide bonds. The van der Waals surface area contributed by atoms with E-state index < -0.39 is 6.10 Å². The van der Waals surface area contributed by atoms with E-state index in [9.17, 15) is 9.90 Å². The van der Waals surface area contributed by atoms with Crippen LogP contribution in [0.25, 0.3) is 0 Å². The maximum absolute atomic E-state index is 12.6. The van der Waals surface area contributed by atoms with Crippen LogP contribution in [0.2, 0.25) is 0 Å². The van der Waals surface area contributed by atoms with Crippen molar-refractivity contribution in [3.63, 3.8) is 0 Å². The summed E-state index contributed by atoms with van der Waals surface area (Å²) in [4.78, 5) is 15.6. The van der Waals surface area contributed by atoms with Gasteiger partial charge in [-0.2, -0.15) is 0 Å². The van der Waals surface area contributed by atoms with Gasteiger partial charge in [0.2, 0.25) is 0 Å². The highest BCUT2D eigenvalue weighted by atomic mass is 32.1. The highest BCUT2D eigenvalue weighted by Crippen LogP contribution is 2.31. The van der Waals surface area contributed by atoms with Crippen LogP contribution in [0.5, 0.6) is 0 Å². The molecular formula is C17H28N2O2S. The summed E-state index contributed by atoms with van der Waals surface area (Å²) in [5.41, 5.74) is 0. The monoisotopic (exact) mass is 324 g/mol. The Kier molecular flexibility index (Phi) is 6.26. The predicted molar refractivity (Wildman–Crippen MR) is 91.0 cm³/mol. The molecule has 1 aliphatic heterocycles. The lowest BCUT2D eigenvalue weighted by molar-refractivity contribution is 0.0424. The van der Waals surface area contributed by atoms with Gasteiger partial charge in [-0.05, 0) is 29.7 Å². The van der Waals surface area contributed by atoms with Crippen LogP contribution in [0.3, 0.4) is 0 Å². The number of rotatable bonds is 5. The summed E-state index contributed by atoms with van der Waals surface area (Å²) < 4.78 is 0.